The van der Waals surface area contributed by atoms with Gasteiger partial charge in [0, 0.05) is 12.1 Å². The maximum atomic E-state index is 10.9. The number of benzene rings is 1. The Labute approximate surface area is 103 Å². The van der Waals surface area contributed by atoms with Crippen LogP contribution in [0.5, 0.6) is 0 Å². The van der Waals surface area contributed by atoms with E-state index in [1.807, 2.05) is 0 Å². The van der Waals surface area contributed by atoms with Gasteiger partial charge in [0.1, 0.15) is 0 Å². The molecule has 0 aromatic heterocycles. The van der Waals surface area contributed by atoms with Crippen LogP contribution in [0.15, 0.2) is 24.3 Å². The van der Waals surface area contributed by atoms with Crippen molar-refractivity contribution in [2.75, 3.05) is 5.75 Å². The van der Waals surface area contributed by atoms with Crippen LogP contribution in [0.4, 0.5) is 5.69 Å². The number of carboxylic acids is 1. The highest BCUT2D eigenvalue weighted by Gasteiger charge is 2.13. The van der Waals surface area contributed by atoms with Crippen molar-refractivity contribution in [3.63, 3.8) is 0 Å². The lowest BCUT2D eigenvalue weighted by molar-refractivity contribution is -0.384. The first-order valence-corrected chi connectivity index (χ1v) is 5.48. The Hall–Kier alpha value is -1.82. The first kappa shape index (κ1) is 13.2. The predicted molar refractivity (Wildman–Crippen MR) is 67.6 cm³/mol. The van der Waals surface area contributed by atoms with E-state index in [0.29, 0.717) is 17.7 Å². The summed E-state index contributed by atoms with van der Waals surface area (Å²) in [6, 6.07) is 3.67. The lowest BCUT2D eigenvalue weighted by Gasteiger charge is -2.01. The fourth-order valence-electron chi connectivity index (χ4n) is 1.28. The van der Waals surface area contributed by atoms with Gasteiger partial charge in [-0.15, -0.1) is 0 Å². The first-order chi connectivity index (χ1) is 8.06. The van der Waals surface area contributed by atoms with E-state index in [9.17, 15) is 14.9 Å². The van der Waals surface area contributed by atoms with E-state index in [1.54, 1.807) is 12.2 Å². The number of allylic oxidation sites excluding steroid dienone is 1. The molecular weight excluding hydrogens is 242 g/mol. The maximum Gasteiger partial charge on any atom is 0.336 e. The van der Waals surface area contributed by atoms with Gasteiger partial charge < -0.3 is 5.11 Å². The van der Waals surface area contributed by atoms with Crippen LogP contribution in [0.3, 0.4) is 0 Å². The van der Waals surface area contributed by atoms with Crippen molar-refractivity contribution < 1.29 is 14.8 Å². The second kappa shape index (κ2) is 6.05. The fourth-order valence-corrected chi connectivity index (χ4v) is 1.43. The third kappa shape index (κ3) is 3.60. The van der Waals surface area contributed by atoms with Crippen LogP contribution in [-0.4, -0.2) is 21.8 Å². The third-order valence-electron chi connectivity index (χ3n) is 2.07. The molecule has 0 saturated heterocycles. The monoisotopic (exact) mass is 253 g/mol. The lowest BCUT2D eigenvalue weighted by atomic mass is 10.1. The minimum atomic E-state index is -1.11. The third-order valence-corrected chi connectivity index (χ3v) is 2.33. The van der Waals surface area contributed by atoms with Gasteiger partial charge >= 0.3 is 5.97 Å². The SMILES string of the molecule is O=C(O)c1ccc([N+](=O)[O-])cc1C=CCCS. The molecule has 90 valence electrons. The zero-order chi connectivity index (χ0) is 12.8. The van der Waals surface area contributed by atoms with Crippen molar-refractivity contribution >= 4 is 30.4 Å². The molecular formula is C11H11NO4S. The maximum absolute atomic E-state index is 10.9. The number of nitrogens with zero attached hydrogens (tertiary/aromatic N) is 1. The zero-order valence-electron chi connectivity index (χ0n) is 8.87. The van der Waals surface area contributed by atoms with Crippen molar-refractivity contribution in [1.29, 1.82) is 0 Å². The van der Waals surface area contributed by atoms with Crippen molar-refractivity contribution in [2.45, 2.75) is 6.42 Å². The predicted octanol–water partition coefficient (Wildman–Crippen LogP) is 2.63. The largest absolute Gasteiger partial charge is 0.478 e. The molecule has 0 unspecified atom stereocenters. The molecule has 0 aliphatic heterocycles. The van der Waals surface area contributed by atoms with E-state index < -0.39 is 10.9 Å². The average molecular weight is 253 g/mol. The summed E-state index contributed by atoms with van der Waals surface area (Å²) in [5.74, 6) is -0.473. The summed E-state index contributed by atoms with van der Waals surface area (Å²) in [6.45, 7) is 0. The fraction of sp³-hybridized carbons (Fsp3) is 0.182. The number of hydrogen-bond donors (Lipinski definition) is 2. The molecule has 17 heavy (non-hydrogen) atoms. The van der Waals surface area contributed by atoms with Crippen LogP contribution >= 0.6 is 12.6 Å². The number of thiol groups is 1. The molecule has 1 rings (SSSR count). The van der Waals surface area contributed by atoms with Crippen molar-refractivity contribution in [1.82, 2.24) is 0 Å². The molecule has 0 bridgehead atoms. The Morgan fingerprint density at radius 3 is 2.76 bits per heavy atom. The Bertz CT molecular complexity index is 471. The van der Waals surface area contributed by atoms with E-state index in [4.69, 9.17) is 5.11 Å². The van der Waals surface area contributed by atoms with Crippen LogP contribution in [0.2, 0.25) is 0 Å². The molecule has 0 amide bonds. The Balaban J connectivity index is 3.16. The highest BCUT2D eigenvalue weighted by Crippen LogP contribution is 2.19. The molecule has 0 spiro atoms. The van der Waals surface area contributed by atoms with Gasteiger partial charge in [0.25, 0.3) is 5.69 Å². The smallest absolute Gasteiger partial charge is 0.336 e. The van der Waals surface area contributed by atoms with Gasteiger partial charge in [-0.25, -0.2) is 4.79 Å². The van der Waals surface area contributed by atoms with Crippen molar-refractivity contribution in [2.24, 2.45) is 0 Å². The average Bonchev–Trinajstić information content (AvgIpc) is 2.28. The molecule has 0 aliphatic carbocycles. The van der Waals surface area contributed by atoms with Gasteiger partial charge in [-0.2, -0.15) is 12.6 Å². The molecule has 1 aromatic rings. The number of rotatable bonds is 5. The van der Waals surface area contributed by atoms with E-state index >= 15 is 0 Å². The van der Waals surface area contributed by atoms with Crippen LogP contribution in [0.25, 0.3) is 6.08 Å². The lowest BCUT2D eigenvalue weighted by Crippen LogP contribution is -2.00. The van der Waals surface area contributed by atoms with Crippen molar-refractivity contribution in [3.05, 3.63) is 45.5 Å². The summed E-state index contributed by atoms with van der Waals surface area (Å²) in [5, 5.41) is 19.5. The topological polar surface area (TPSA) is 80.4 Å². The Morgan fingerprint density at radius 2 is 2.24 bits per heavy atom. The minimum Gasteiger partial charge on any atom is -0.478 e. The normalized spacial score (nSPS) is 10.6. The number of nitro groups is 1. The zero-order valence-corrected chi connectivity index (χ0v) is 9.76. The second-order valence-corrected chi connectivity index (χ2v) is 3.70. The minimum absolute atomic E-state index is 0.0472. The number of aromatic carboxylic acids is 1. The highest BCUT2D eigenvalue weighted by molar-refractivity contribution is 7.80. The van der Waals surface area contributed by atoms with E-state index in [1.165, 1.54) is 18.2 Å². The number of carbonyl (C=O) groups is 1. The van der Waals surface area contributed by atoms with Crippen molar-refractivity contribution in [3.8, 4) is 0 Å². The standard InChI is InChI=1S/C11H11NO4S/c13-11(14)10-5-4-9(12(15)16)7-8(10)3-1-2-6-17/h1,3-5,7,17H,2,6H2,(H,13,14). The molecule has 0 aliphatic rings. The highest BCUT2D eigenvalue weighted by atomic mass is 32.1. The van der Waals surface area contributed by atoms with Gasteiger partial charge in [0.2, 0.25) is 0 Å². The molecule has 0 atom stereocenters. The Kier molecular flexibility index (Phi) is 4.71. The summed E-state index contributed by atoms with van der Waals surface area (Å²) < 4.78 is 0. The van der Waals surface area contributed by atoms with Gasteiger partial charge in [0.05, 0.1) is 10.5 Å². The molecule has 0 saturated carbocycles. The van der Waals surface area contributed by atoms with Gasteiger partial charge in [-0.05, 0) is 23.8 Å². The number of non-ortho nitro benzene ring substituents is 1. The molecule has 5 nitrogen and oxygen atoms in total. The van der Waals surface area contributed by atoms with Gasteiger partial charge in [-0.3, -0.25) is 10.1 Å². The summed E-state index contributed by atoms with van der Waals surface area (Å²) in [6.07, 6.45) is 3.97. The van der Waals surface area contributed by atoms with E-state index in [-0.39, 0.29) is 11.3 Å². The summed E-state index contributed by atoms with van der Waals surface area (Å²) in [4.78, 5) is 20.9. The molecule has 0 heterocycles. The van der Waals surface area contributed by atoms with Gasteiger partial charge in [0.15, 0.2) is 0 Å². The van der Waals surface area contributed by atoms with Crippen LogP contribution < -0.4 is 0 Å². The summed E-state index contributed by atoms with van der Waals surface area (Å²) in [7, 11) is 0. The first-order valence-electron chi connectivity index (χ1n) is 4.85. The second-order valence-electron chi connectivity index (χ2n) is 3.25. The summed E-state index contributed by atoms with van der Waals surface area (Å²) >= 11 is 4.01. The molecule has 1 N–H and O–H groups in total. The molecule has 6 heteroatoms. The van der Waals surface area contributed by atoms with Crippen LogP contribution in [0, 0.1) is 10.1 Å². The summed E-state index contributed by atoms with van der Waals surface area (Å²) in [5.41, 5.74) is 0.250. The Morgan fingerprint density at radius 1 is 1.53 bits per heavy atom. The van der Waals surface area contributed by atoms with E-state index in [2.05, 4.69) is 12.6 Å². The quantitative estimate of drug-likeness (QED) is 0.480. The van der Waals surface area contributed by atoms with E-state index in [0.717, 1.165) is 0 Å². The van der Waals surface area contributed by atoms with Crippen LogP contribution in [0.1, 0.15) is 22.3 Å². The number of hydrogen-bond acceptors (Lipinski definition) is 4. The van der Waals surface area contributed by atoms with Crippen LogP contribution in [-0.2, 0) is 0 Å². The molecule has 1 aromatic carbocycles. The molecule has 0 fully saturated rings. The number of nitro benzene ring substituents is 1. The molecule has 0 radical (unpaired) electrons. The number of carboxylic acid groups (broad SMARTS) is 1. The van der Waals surface area contributed by atoms with Gasteiger partial charge in [-0.1, -0.05) is 12.2 Å².